The standard InChI is InChI=1S/C15H15ClN2S/c1-11-4-2-7-14(8-11)18-15(17)19-10-12-5-3-6-13(16)9-12/h2-9H,10H2,1H3,(H2,17,18). The molecule has 0 aliphatic heterocycles. The predicted molar refractivity (Wildman–Crippen MR) is 85.2 cm³/mol. The van der Waals surface area contributed by atoms with Crippen LogP contribution < -0.4 is 5.73 Å². The van der Waals surface area contributed by atoms with Crippen molar-refractivity contribution < 1.29 is 0 Å². The van der Waals surface area contributed by atoms with Crippen molar-refractivity contribution in [3.63, 3.8) is 0 Å². The van der Waals surface area contributed by atoms with Crippen LogP contribution in [-0.4, -0.2) is 5.17 Å². The van der Waals surface area contributed by atoms with E-state index < -0.39 is 0 Å². The lowest BCUT2D eigenvalue weighted by atomic mass is 10.2. The van der Waals surface area contributed by atoms with Crippen molar-refractivity contribution in [2.45, 2.75) is 12.7 Å². The normalized spacial score (nSPS) is 11.6. The number of rotatable bonds is 3. The maximum absolute atomic E-state index is 5.94. The van der Waals surface area contributed by atoms with E-state index >= 15 is 0 Å². The van der Waals surface area contributed by atoms with Crippen LogP contribution in [0.25, 0.3) is 0 Å². The third kappa shape index (κ3) is 4.62. The average molecular weight is 291 g/mol. The minimum Gasteiger partial charge on any atom is -0.378 e. The van der Waals surface area contributed by atoms with E-state index in [1.165, 1.54) is 17.3 Å². The minimum absolute atomic E-state index is 0.561. The molecule has 4 heteroatoms. The third-order valence-corrected chi connectivity index (χ3v) is 3.62. The molecule has 2 aromatic rings. The van der Waals surface area contributed by atoms with E-state index in [1.54, 1.807) is 0 Å². The molecule has 0 spiro atoms. The van der Waals surface area contributed by atoms with Crippen molar-refractivity contribution in [3.05, 3.63) is 64.7 Å². The van der Waals surface area contributed by atoms with Crippen molar-refractivity contribution >= 4 is 34.2 Å². The Kier molecular flexibility index (Phi) is 4.88. The highest BCUT2D eigenvalue weighted by Crippen LogP contribution is 2.19. The molecule has 0 radical (unpaired) electrons. The van der Waals surface area contributed by atoms with Gasteiger partial charge in [-0.1, -0.05) is 47.6 Å². The first kappa shape index (κ1) is 14.0. The maximum atomic E-state index is 5.94. The van der Waals surface area contributed by atoms with Crippen LogP contribution in [0.15, 0.2) is 53.5 Å². The van der Waals surface area contributed by atoms with Crippen LogP contribution in [-0.2, 0) is 5.75 Å². The summed E-state index contributed by atoms with van der Waals surface area (Å²) in [5.74, 6) is 0.766. The number of aryl methyl sites for hydroxylation is 1. The summed E-state index contributed by atoms with van der Waals surface area (Å²) in [7, 11) is 0. The second-order valence-electron chi connectivity index (χ2n) is 4.21. The van der Waals surface area contributed by atoms with Crippen molar-refractivity contribution in [1.82, 2.24) is 0 Å². The molecule has 0 fully saturated rings. The highest BCUT2D eigenvalue weighted by Gasteiger charge is 1.99. The summed E-state index contributed by atoms with van der Waals surface area (Å²) in [6, 6.07) is 15.7. The van der Waals surface area contributed by atoms with E-state index in [4.69, 9.17) is 17.3 Å². The summed E-state index contributed by atoms with van der Waals surface area (Å²) in [5, 5.41) is 1.30. The van der Waals surface area contributed by atoms with Gasteiger partial charge in [-0.3, -0.25) is 0 Å². The molecule has 0 aromatic heterocycles. The largest absolute Gasteiger partial charge is 0.378 e. The first-order valence-electron chi connectivity index (χ1n) is 5.91. The molecule has 0 heterocycles. The summed E-state index contributed by atoms with van der Waals surface area (Å²) >= 11 is 7.44. The molecule has 0 aliphatic rings. The lowest BCUT2D eigenvalue weighted by Gasteiger charge is -2.02. The molecule has 2 aromatic carbocycles. The van der Waals surface area contributed by atoms with E-state index in [9.17, 15) is 0 Å². The van der Waals surface area contributed by atoms with Gasteiger partial charge < -0.3 is 5.73 Å². The van der Waals surface area contributed by atoms with Crippen LogP contribution >= 0.6 is 23.4 Å². The Bertz CT molecular complexity index is 596. The van der Waals surface area contributed by atoms with Gasteiger partial charge in [0.25, 0.3) is 0 Å². The van der Waals surface area contributed by atoms with E-state index in [0.29, 0.717) is 5.17 Å². The molecule has 0 amide bonds. The van der Waals surface area contributed by atoms with E-state index in [0.717, 1.165) is 22.0 Å². The fraction of sp³-hybridized carbons (Fsp3) is 0.133. The zero-order valence-electron chi connectivity index (χ0n) is 10.6. The molecule has 0 saturated carbocycles. The fourth-order valence-electron chi connectivity index (χ4n) is 1.64. The second-order valence-corrected chi connectivity index (χ2v) is 5.64. The molecule has 0 aliphatic carbocycles. The number of hydrogen-bond acceptors (Lipinski definition) is 2. The van der Waals surface area contributed by atoms with Crippen LogP contribution in [0, 0.1) is 6.92 Å². The summed E-state index contributed by atoms with van der Waals surface area (Å²) < 4.78 is 0. The fourth-order valence-corrected chi connectivity index (χ4v) is 2.52. The number of benzene rings is 2. The Morgan fingerprint density at radius 2 is 2.00 bits per heavy atom. The highest BCUT2D eigenvalue weighted by molar-refractivity contribution is 8.13. The van der Waals surface area contributed by atoms with Gasteiger partial charge >= 0.3 is 0 Å². The van der Waals surface area contributed by atoms with Gasteiger partial charge in [-0.2, -0.15) is 0 Å². The van der Waals surface area contributed by atoms with Gasteiger partial charge in [0, 0.05) is 10.8 Å². The van der Waals surface area contributed by atoms with Crippen molar-refractivity contribution in [2.24, 2.45) is 10.7 Å². The zero-order chi connectivity index (χ0) is 13.7. The molecule has 19 heavy (non-hydrogen) atoms. The van der Waals surface area contributed by atoms with Gasteiger partial charge in [-0.25, -0.2) is 4.99 Å². The Morgan fingerprint density at radius 1 is 1.21 bits per heavy atom. The van der Waals surface area contributed by atoms with E-state index in [1.807, 2.05) is 55.5 Å². The first-order chi connectivity index (χ1) is 9.13. The molecular weight excluding hydrogens is 276 g/mol. The number of halogens is 1. The molecule has 0 unspecified atom stereocenters. The predicted octanol–water partition coefficient (Wildman–Crippen LogP) is 4.53. The number of amidine groups is 1. The number of nitrogens with two attached hydrogens (primary N) is 1. The molecule has 0 bridgehead atoms. The van der Waals surface area contributed by atoms with Crippen LogP contribution in [0.1, 0.15) is 11.1 Å². The molecule has 2 N–H and O–H groups in total. The quantitative estimate of drug-likeness (QED) is 0.666. The molecule has 2 nitrogen and oxygen atoms in total. The van der Waals surface area contributed by atoms with Gasteiger partial charge in [0.05, 0.1) is 5.69 Å². The lowest BCUT2D eigenvalue weighted by molar-refractivity contribution is 1.41. The number of hydrogen-bond donors (Lipinski definition) is 1. The number of thioether (sulfide) groups is 1. The monoisotopic (exact) mass is 290 g/mol. The van der Waals surface area contributed by atoms with Crippen molar-refractivity contribution in [1.29, 1.82) is 0 Å². The molecule has 2 rings (SSSR count). The molecule has 98 valence electrons. The SMILES string of the molecule is Cc1cccc(N=C(N)SCc2cccc(Cl)c2)c1. The van der Waals surface area contributed by atoms with Crippen LogP contribution in [0.4, 0.5) is 5.69 Å². The van der Waals surface area contributed by atoms with E-state index in [-0.39, 0.29) is 0 Å². The average Bonchev–Trinajstić information content (AvgIpc) is 2.36. The van der Waals surface area contributed by atoms with Gasteiger partial charge in [-0.05, 0) is 42.3 Å². The summed E-state index contributed by atoms with van der Waals surface area (Å²) in [5.41, 5.74) is 9.12. The lowest BCUT2D eigenvalue weighted by Crippen LogP contribution is -2.06. The van der Waals surface area contributed by atoms with Crippen LogP contribution in [0.5, 0.6) is 0 Å². The number of nitrogens with zero attached hydrogens (tertiary/aromatic N) is 1. The molecule has 0 saturated heterocycles. The van der Waals surface area contributed by atoms with Crippen LogP contribution in [0.2, 0.25) is 5.02 Å². The Labute approximate surface area is 122 Å². The van der Waals surface area contributed by atoms with Gasteiger partial charge in [0.1, 0.15) is 0 Å². The summed E-state index contributed by atoms with van der Waals surface area (Å²) in [4.78, 5) is 4.38. The third-order valence-electron chi connectivity index (χ3n) is 2.52. The Balaban J connectivity index is 1.99. The zero-order valence-corrected chi connectivity index (χ0v) is 12.2. The molecule has 0 atom stereocenters. The smallest absolute Gasteiger partial charge is 0.159 e. The highest BCUT2D eigenvalue weighted by atomic mass is 35.5. The van der Waals surface area contributed by atoms with Gasteiger partial charge in [-0.15, -0.1) is 0 Å². The second kappa shape index (κ2) is 6.64. The Hall–Kier alpha value is -1.45. The topological polar surface area (TPSA) is 38.4 Å². The summed E-state index contributed by atoms with van der Waals surface area (Å²) in [6.45, 7) is 2.04. The van der Waals surface area contributed by atoms with Crippen molar-refractivity contribution in [2.75, 3.05) is 0 Å². The van der Waals surface area contributed by atoms with E-state index in [2.05, 4.69) is 4.99 Å². The van der Waals surface area contributed by atoms with Crippen LogP contribution in [0.3, 0.4) is 0 Å². The Morgan fingerprint density at radius 3 is 2.74 bits per heavy atom. The minimum atomic E-state index is 0.561. The van der Waals surface area contributed by atoms with Gasteiger partial charge in [0.2, 0.25) is 0 Å². The first-order valence-corrected chi connectivity index (χ1v) is 7.28. The number of aliphatic imine (C=N–C) groups is 1. The van der Waals surface area contributed by atoms with Gasteiger partial charge in [0.15, 0.2) is 5.17 Å². The van der Waals surface area contributed by atoms with Crippen molar-refractivity contribution in [3.8, 4) is 0 Å². The summed E-state index contributed by atoms with van der Waals surface area (Å²) in [6.07, 6.45) is 0. The maximum Gasteiger partial charge on any atom is 0.159 e. The molecular formula is C15H15ClN2S.